The van der Waals surface area contributed by atoms with Gasteiger partial charge in [-0.1, -0.05) is 0 Å². The number of anilines is 2. The zero-order chi connectivity index (χ0) is 16.9. The third kappa shape index (κ3) is 4.11. The number of nitrogens with zero attached hydrogens (tertiary/aromatic N) is 4. The molecule has 2 saturated heterocycles. The molecule has 0 amide bonds. The molecule has 2 aliphatic rings. The van der Waals surface area contributed by atoms with E-state index in [-0.39, 0.29) is 0 Å². The fourth-order valence-corrected chi connectivity index (χ4v) is 3.56. The van der Waals surface area contributed by atoms with E-state index in [4.69, 9.17) is 4.74 Å². The summed E-state index contributed by atoms with van der Waals surface area (Å²) in [6, 6.07) is 4.73. The van der Waals surface area contributed by atoms with Crippen molar-refractivity contribution in [2.45, 2.75) is 25.4 Å². The molecular weight excluding hydrogens is 316 g/mol. The maximum Gasteiger partial charge on any atom is 0.134 e. The van der Waals surface area contributed by atoms with Crippen molar-refractivity contribution in [1.82, 2.24) is 20.3 Å². The molecule has 2 N–H and O–H groups in total. The number of hydrogen-bond acceptors (Lipinski definition) is 6. The molecule has 7 nitrogen and oxygen atoms in total. The van der Waals surface area contributed by atoms with Crippen molar-refractivity contribution >= 4 is 11.6 Å². The quantitative estimate of drug-likeness (QED) is 0.856. The molecule has 134 valence electrons. The fourth-order valence-electron chi connectivity index (χ4n) is 3.56. The number of ether oxygens (including phenoxy) is 1. The summed E-state index contributed by atoms with van der Waals surface area (Å²) in [5, 5.41) is 3.67. The van der Waals surface area contributed by atoms with Crippen LogP contribution in [0.5, 0.6) is 0 Å². The van der Waals surface area contributed by atoms with Crippen LogP contribution in [-0.2, 0) is 11.3 Å². The third-order valence-corrected chi connectivity index (χ3v) is 4.98. The fraction of sp³-hybridized carbons (Fsp3) is 0.556. The van der Waals surface area contributed by atoms with E-state index in [1.54, 1.807) is 6.33 Å². The van der Waals surface area contributed by atoms with Crippen LogP contribution in [-0.4, -0.2) is 60.4 Å². The van der Waals surface area contributed by atoms with Gasteiger partial charge in [-0.05, 0) is 24.5 Å². The first kappa shape index (κ1) is 16.4. The highest BCUT2D eigenvalue weighted by molar-refractivity contribution is 5.50. The van der Waals surface area contributed by atoms with Crippen molar-refractivity contribution < 1.29 is 4.74 Å². The molecule has 0 aliphatic carbocycles. The van der Waals surface area contributed by atoms with Gasteiger partial charge in [0.05, 0.1) is 13.2 Å². The number of aromatic nitrogens is 3. The molecule has 0 saturated carbocycles. The maximum absolute atomic E-state index is 5.43. The standard InChI is InChI=1S/C18H26N6O/c1-2-16(20-12-15-3-4-19-11-15)13-24(5-1)18-10-17(21-14-22-18)23-6-8-25-9-7-23/h3-4,10-11,14,16,19-20H,1-2,5-9,12-13H2/t16-/m1/s1. The highest BCUT2D eigenvalue weighted by Crippen LogP contribution is 2.22. The molecule has 7 heteroatoms. The Morgan fingerprint density at radius 1 is 1.16 bits per heavy atom. The molecule has 2 aromatic heterocycles. The minimum absolute atomic E-state index is 0.491. The zero-order valence-electron chi connectivity index (χ0n) is 14.5. The van der Waals surface area contributed by atoms with Crippen LogP contribution in [0.2, 0.25) is 0 Å². The molecular formula is C18H26N6O. The van der Waals surface area contributed by atoms with Crippen LogP contribution in [0, 0.1) is 0 Å². The molecule has 0 unspecified atom stereocenters. The van der Waals surface area contributed by atoms with Gasteiger partial charge < -0.3 is 24.8 Å². The number of hydrogen-bond donors (Lipinski definition) is 2. The Kier molecular flexibility index (Phi) is 5.13. The second kappa shape index (κ2) is 7.84. The monoisotopic (exact) mass is 342 g/mol. The van der Waals surface area contributed by atoms with Gasteiger partial charge in [-0.2, -0.15) is 0 Å². The minimum Gasteiger partial charge on any atom is -0.378 e. The van der Waals surface area contributed by atoms with E-state index in [1.807, 2.05) is 12.4 Å². The molecule has 0 spiro atoms. The van der Waals surface area contributed by atoms with Crippen LogP contribution in [0.25, 0.3) is 0 Å². The molecule has 0 bridgehead atoms. The Morgan fingerprint density at radius 3 is 2.80 bits per heavy atom. The third-order valence-electron chi connectivity index (χ3n) is 4.98. The summed E-state index contributed by atoms with van der Waals surface area (Å²) in [6.07, 6.45) is 8.10. The Morgan fingerprint density at radius 2 is 2.00 bits per heavy atom. The van der Waals surface area contributed by atoms with E-state index in [0.29, 0.717) is 6.04 Å². The van der Waals surface area contributed by atoms with Crippen molar-refractivity contribution in [1.29, 1.82) is 0 Å². The normalized spacial score (nSPS) is 21.5. The highest BCUT2D eigenvalue weighted by atomic mass is 16.5. The lowest BCUT2D eigenvalue weighted by atomic mass is 10.1. The number of aromatic amines is 1. The number of rotatable bonds is 5. The van der Waals surface area contributed by atoms with Gasteiger partial charge in [0.25, 0.3) is 0 Å². The van der Waals surface area contributed by atoms with E-state index >= 15 is 0 Å². The predicted octanol–water partition coefficient (Wildman–Crippen LogP) is 1.40. The molecule has 2 aromatic rings. The summed E-state index contributed by atoms with van der Waals surface area (Å²) < 4.78 is 5.43. The van der Waals surface area contributed by atoms with E-state index in [0.717, 1.165) is 57.6 Å². The van der Waals surface area contributed by atoms with Crippen molar-refractivity contribution in [3.63, 3.8) is 0 Å². The average molecular weight is 342 g/mol. The summed E-state index contributed by atoms with van der Waals surface area (Å²) in [7, 11) is 0. The van der Waals surface area contributed by atoms with Crippen LogP contribution in [0.15, 0.2) is 30.9 Å². The lowest BCUT2D eigenvalue weighted by molar-refractivity contribution is 0.122. The SMILES string of the molecule is c1nc(N2CCOCC2)cc(N2CCC[C@@H](NCc3cc[nH]c3)C2)n1. The second-order valence-corrected chi connectivity index (χ2v) is 6.72. The second-order valence-electron chi connectivity index (χ2n) is 6.72. The van der Waals surface area contributed by atoms with Crippen LogP contribution in [0.4, 0.5) is 11.6 Å². The lowest BCUT2D eigenvalue weighted by Crippen LogP contribution is -2.46. The maximum atomic E-state index is 5.43. The number of piperidine rings is 1. The van der Waals surface area contributed by atoms with Gasteiger partial charge in [0.1, 0.15) is 18.0 Å². The summed E-state index contributed by atoms with van der Waals surface area (Å²) in [4.78, 5) is 16.8. The number of H-pyrrole nitrogens is 1. The highest BCUT2D eigenvalue weighted by Gasteiger charge is 2.22. The van der Waals surface area contributed by atoms with Gasteiger partial charge in [0, 0.05) is 57.2 Å². The minimum atomic E-state index is 0.491. The molecule has 25 heavy (non-hydrogen) atoms. The van der Waals surface area contributed by atoms with Crippen molar-refractivity contribution in [2.24, 2.45) is 0 Å². The Hall–Kier alpha value is -2.12. The first-order chi connectivity index (χ1) is 12.4. The van der Waals surface area contributed by atoms with E-state index in [9.17, 15) is 0 Å². The first-order valence-corrected chi connectivity index (χ1v) is 9.13. The predicted molar refractivity (Wildman–Crippen MR) is 97.9 cm³/mol. The molecule has 4 heterocycles. The van der Waals surface area contributed by atoms with E-state index < -0.39 is 0 Å². The molecule has 2 fully saturated rings. The van der Waals surface area contributed by atoms with E-state index in [1.165, 1.54) is 18.4 Å². The Bertz CT molecular complexity index is 655. The molecule has 2 aliphatic heterocycles. The summed E-state index contributed by atoms with van der Waals surface area (Å²) in [6.45, 7) is 6.30. The first-order valence-electron chi connectivity index (χ1n) is 9.13. The van der Waals surface area contributed by atoms with E-state index in [2.05, 4.69) is 42.2 Å². The Balaban J connectivity index is 1.38. The lowest BCUT2D eigenvalue weighted by Gasteiger charge is -2.35. The van der Waals surface area contributed by atoms with Crippen LogP contribution >= 0.6 is 0 Å². The summed E-state index contributed by atoms with van der Waals surface area (Å²) in [5.74, 6) is 2.04. The molecule has 4 rings (SSSR count). The van der Waals surface area contributed by atoms with Gasteiger partial charge in [0.2, 0.25) is 0 Å². The van der Waals surface area contributed by atoms with Crippen molar-refractivity contribution in [3.8, 4) is 0 Å². The van der Waals surface area contributed by atoms with Gasteiger partial charge in [0.15, 0.2) is 0 Å². The largest absolute Gasteiger partial charge is 0.378 e. The molecule has 0 aromatic carbocycles. The van der Waals surface area contributed by atoms with Gasteiger partial charge >= 0.3 is 0 Å². The Labute approximate surface area is 148 Å². The van der Waals surface area contributed by atoms with Gasteiger partial charge in [-0.15, -0.1) is 0 Å². The molecule has 1 atom stereocenters. The van der Waals surface area contributed by atoms with Crippen molar-refractivity contribution in [3.05, 3.63) is 36.4 Å². The zero-order valence-corrected chi connectivity index (χ0v) is 14.5. The van der Waals surface area contributed by atoms with Crippen LogP contribution < -0.4 is 15.1 Å². The number of morpholine rings is 1. The summed E-state index contributed by atoms with van der Waals surface area (Å²) >= 11 is 0. The number of nitrogens with one attached hydrogen (secondary N) is 2. The van der Waals surface area contributed by atoms with Crippen LogP contribution in [0.3, 0.4) is 0 Å². The van der Waals surface area contributed by atoms with Crippen LogP contribution in [0.1, 0.15) is 18.4 Å². The molecule has 0 radical (unpaired) electrons. The smallest absolute Gasteiger partial charge is 0.134 e. The van der Waals surface area contributed by atoms with Gasteiger partial charge in [-0.3, -0.25) is 0 Å². The van der Waals surface area contributed by atoms with Crippen molar-refractivity contribution in [2.75, 3.05) is 49.2 Å². The topological polar surface area (TPSA) is 69.3 Å². The van der Waals surface area contributed by atoms with Gasteiger partial charge in [-0.25, -0.2) is 9.97 Å². The summed E-state index contributed by atoms with van der Waals surface area (Å²) in [5.41, 5.74) is 1.30. The average Bonchev–Trinajstić information content (AvgIpc) is 3.21.